The standard InChI is InChI=1S/C27H34FN3O5/c1-27(2,3)30-18-8-9-21(19(15-18)26(34)35-4)31-13-12-20(25(31)33)29-24(32)23-11-10-22(36-23)16-6-5-7-17(28)14-16/h5-7,10-11,14,18-21,30H,8-9,12-13,15H2,1-4H3,(H,29,32)/t18-,19-,20?,21+/m1/s1. The van der Waals surface area contributed by atoms with Crippen molar-refractivity contribution in [1.82, 2.24) is 15.5 Å². The van der Waals surface area contributed by atoms with Crippen LogP contribution in [0.2, 0.25) is 0 Å². The predicted molar refractivity (Wildman–Crippen MR) is 132 cm³/mol. The van der Waals surface area contributed by atoms with Crippen molar-refractivity contribution in [2.75, 3.05) is 13.7 Å². The Hall–Kier alpha value is -3.20. The molecule has 2 heterocycles. The summed E-state index contributed by atoms with van der Waals surface area (Å²) in [5.74, 6) is -1.47. The third kappa shape index (κ3) is 5.78. The van der Waals surface area contributed by atoms with E-state index in [0.29, 0.717) is 37.1 Å². The monoisotopic (exact) mass is 499 g/mol. The van der Waals surface area contributed by atoms with Crippen molar-refractivity contribution in [2.45, 2.75) is 70.1 Å². The Morgan fingerprint density at radius 3 is 2.61 bits per heavy atom. The van der Waals surface area contributed by atoms with Gasteiger partial charge in [-0.3, -0.25) is 14.4 Å². The molecule has 9 heteroatoms. The molecule has 1 unspecified atom stereocenters. The average Bonchev–Trinajstić information content (AvgIpc) is 3.45. The first-order valence-corrected chi connectivity index (χ1v) is 12.4. The Morgan fingerprint density at radius 1 is 1.14 bits per heavy atom. The van der Waals surface area contributed by atoms with Crippen LogP contribution in [-0.4, -0.2) is 60.0 Å². The van der Waals surface area contributed by atoms with Gasteiger partial charge in [-0.15, -0.1) is 0 Å². The summed E-state index contributed by atoms with van der Waals surface area (Å²) in [5, 5.41) is 6.32. The molecule has 1 saturated heterocycles. The van der Waals surface area contributed by atoms with Gasteiger partial charge in [0.25, 0.3) is 5.91 Å². The molecule has 2 fully saturated rings. The SMILES string of the molecule is COC(=O)[C@@H]1C[C@H](NC(C)(C)C)CC[C@@H]1N1CCC(NC(=O)c2ccc(-c3cccc(F)c3)o2)C1=O. The van der Waals surface area contributed by atoms with E-state index < -0.39 is 23.7 Å². The molecule has 1 aliphatic heterocycles. The van der Waals surface area contributed by atoms with Crippen LogP contribution in [0, 0.1) is 11.7 Å². The minimum atomic E-state index is -0.705. The first kappa shape index (κ1) is 25.9. The van der Waals surface area contributed by atoms with Gasteiger partial charge in [-0.2, -0.15) is 0 Å². The van der Waals surface area contributed by atoms with Crippen LogP contribution >= 0.6 is 0 Å². The molecular formula is C27H34FN3O5. The lowest BCUT2D eigenvalue weighted by molar-refractivity contribution is -0.151. The van der Waals surface area contributed by atoms with E-state index in [0.717, 1.165) is 6.42 Å². The smallest absolute Gasteiger partial charge is 0.310 e. The van der Waals surface area contributed by atoms with Gasteiger partial charge in [-0.05, 0) is 70.7 Å². The lowest BCUT2D eigenvalue weighted by atomic mass is 9.80. The number of hydrogen-bond acceptors (Lipinski definition) is 6. The predicted octanol–water partition coefficient (Wildman–Crippen LogP) is 3.51. The maximum atomic E-state index is 13.5. The molecule has 1 aliphatic carbocycles. The topological polar surface area (TPSA) is 101 Å². The lowest BCUT2D eigenvalue weighted by Crippen LogP contribution is -2.55. The summed E-state index contributed by atoms with van der Waals surface area (Å²) in [5.41, 5.74) is 0.430. The maximum absolute atomic E-state index is 13.5. The average molecular weight is 500 g/mol. The highest BCUT2D eigenvalue weighted by molar-refractivity contribution is 5.96. The fourth-order valence-electron chi connectivity index (χ4n) is 5.33. The lowest BCUT2D eigenvalue weighted by Gasteiger charge is -2.41. The Morgan fingerprint density at radius 2 is 1.92 bits per heavy atom. The van der Waals surface area contributed by atoms with E-state index in [-0.39, 0.29) is 35.3 Å². The molecule has 1 saturated carbocycles. The molecular weight excluding hydrogens is 465 g/mol. The van der Waals surface area contributed by atoms with Gasteiger partial charge in [-0.25, -0.2) is 4.39 Å². The number of carbonyl (C=O) groups excluding carboxylic acids is 3. The normalized spacial score (nSPS) is 24.6. The molecule has 2 aromatic rings. The Labute approximate surface area is 210 Å². The number of nitrogens with one attached hydrogen (secondary N) is 2. The third-order valence-corrected chi connectivity index (χ3v) is 6.84. The molecule has 1 aromatic carbocycles. The summed E-state index contributed by atoms with van der Waals surface area (Å²) in [6.07, 6.45) is 2.54. The summed E-state index contributed by atoms with van der Waals surface area (Å²) in [7, 11) is 1.37. The van der Waals surface area contributed by atoms with E-state index >= 15 is 0 Å². The van der Waals surface area contributed by atoms with Crippen molar-refractivity contribution in [3.05, 3.63) is 48.0 Å². The molecule has 2 aliphatic rings. The number of ether oxygens (including phenoxy) is 1. The maximum Gasteiger partial charge on any atom is 0.310 e. The summed E-state index contributed by atoms with van der Waals surface area (Å²) in [6.45, 7) is 6.71. The van der Waals surface area contributed by atoms with Gasteiger partial charge >= 0.3 is 5.97 Å². The van der Waals surface area contributed by atoms with Gasteiger partial charge in [-0.1, -0.05) is 12.1 Å². The molecule has 1 aromatic heterocycles. The zero-order valence-corrected chi connectivity index (χ0v) is 21.2. The van der Waals surface area contributed by atoms with Crippen LogP contribution in [0.1, 0.15) is 57.0 Å². The van der Waals surface area contributed by atoms with E-state index in [1.54, 1.807) is 23.1 Å². The third-order valence-electron chi connectivity index (χ3n) is 6.84. The first-order chi connectivity index (χ1) is 17.1. The fraction of sp³-hybridized carbons (Fsp3) is 0.519. The highest BCUT2D eigenvalue weighted by Crippen LogP contribution is 2.33. The molecule has 0 spiro atoms. The molecule has 36 heavy (non-hydrogen) atoms. The van der Waals surface area contributed by atoms with Crippen LogP contribution in [0.15, 0.2) is 40.8 Å². The van der Waals surface area contributed by atoms with Crippen LogP contribution in [0.5, 0.6) is 0 Å². The molecule has 0 radical (unpaired) electrons. The van der Waals surface area contributed by atoms with Gasteiger partial charge in [0.2, 0.25) is 5.91 Å². The number of furan rings is 1. The first-order valence-electron chi connectivity index (χ1n) is 12.4. The van der Waals surface area contributed by atoms with E-state index in [1.165, 1.54) is 25.3 Å². The van der Waals surface area contributed by atoms with E-state index in [9.17, 15) is 18.8 Å². The largest absolute Gasteiger partial charge is 0.469 e. The van der Waals surface area contributed by atoms with Crippen LogP contribution in [0.3, 0.4) is 0 Å². The Kier molecular flexibility index (Phi) is 7.49. The van der Waals surface area contributed by atoms with Crippen LogP contribution in [0.4, 0.5) is 4.39 Å². The van der Waals surface area contributed by atoms with Crippen molar-refractivity contribution in [3.8, 4) is 11.3 Å². The number of hydrogen-bond donors (Lipinski definition) is 2. The summed E-state index contributed by atoms with van der Waals surface area (Å²) < 4.78 is 24.2. The number of rotatable bonds is 6. The quantitative estimate of drug-likeness (QED) is 0.590. The number of halogens is 1. The minimum absolute atomic E-state index is 0.0433. The number of benzene rings is 1. The number of carbonyl (C=O) groups is 3. The van der Waals surface area contributed by atoms with Crippen molar-refractivity contribution in [2.24, 2.45) is 5.92 Å². The van der Waals surface area contributed by atoms with Gasteiger partial charge < -0.3 is 24.7 Å². The number of esters is 1. The molecule has 194 valence electrons. The number of nitrogens with zero attached hydrogens (tertiary/aromatic N) is 1. The van der Waals surface area contributed by atoms with Crippen molar-refractivity contribution >= 4 is 17.8 Å². The van der Waals surface area contributed by atoms with E-state index in [1.807, 2.05) is 0 Å². The van der Waals surface area contributed by atoms with Gasteiger partial charge in [0.05, 0.1) is 13.0 Å². The molecule has 0 bridgehead atoms. The zero-order chi connectivity index (χ0) is 26.0. The summed E-state index contributed by atoms with van der Waals surface area (Å²) in [6, 6.07) is 8.18. The number of amides is 2. The van der Waals surface area contributed by atoms with Gasteiger partial charge in [0.15, 0.2) is 5.76 Å². The molecule has 2 amide bonds. The highest BCUT2D eigenvalue weighted by Gasteiger charge is 2.45. The number of likely N-dealkylation sites (tertiary alicyclic amines) is 1. The molecule has 2 N–H and O–H groups in total. The van der Waals surface area contributed by atoms with Crippen LogP contribution < -0.4 is 10.6 Å². The highest BCUT2D eigenvalue weighted by atomic mass is 19.1. The van der Waals surface area contributed by atoms with E-state index in [2.05, 4.69) is 31.4 Å². The second kappa shape index (κ2) is 10.4. The molecule has 4 rings (SSSR count). The molecule has 4 atom stereocenters. The van der Waals surface area contributed by atoms with Gasteiger partial charge in [0, 0.05) is 29.7 Å². The Bertz CT molecular complexity index is 1120. The summed E-state index contributed by atoms with van der Waals surface area (Å²) >= 11 is 0. The second-order valence-corrected chi connectivity index (χ2v) is 10.6. The fourth-order valence-corrected chi connectivity index (χ4v) is 5.33. The minimum Gasteiger partial charge on any atom is -0.469 e. The molecule has 8 nitrogen and oxygen atoms in total. The Balaban J connectivity index is 1.41. The van der Waals surface area contributed by atoms with Crippen molar-refractivity contribution < 1.29 is 27.9 Å². The summed E-state index contributed by atoms with van der Waals surface area (Å²) in [4.78, 5) is 40.4. The van der Waals surface area contributed by atoms with Gasteiger partial charge in [0.1, 0.15) is 17.6 Å². The van der Waals surface area contributed by atoms with E-state index in [4.69, 9.17) is 9.15 Å². The number of methoxy groups -OCH3 is 1. The second-order valence-electron chi connectivity index (χ2n) is 10.6. The van der Waals surface area contributed by atoms with Crippen molar-refractivity contribution in [3.63, 3.8) is 0 Å². The van der Waals surface area contributed by atoms with Crippen LogP contribution in [-0.2, 0) is 14.3 Å². The van der Waals surface area contributed by atoms with Crippen LogP contribution in [0.25, 0.3) is 11.3 Å². The zero-order valence-electron chi connectivity index (χ0n) is 21.2. The van der Waals surface area contributed by atoms with Crippen molar-refractivity contribution in [1.29, 1.82) is 0 Å².